The Bertz CT molecular complexity index is 582. The Balaban J connectivity index is 2.62. The van der Waals surface area contributed by atoms with Gasteiger partial charge in [-0.2, -0.15) is 0 Å². The summed E-state index contributed by atoms with van der Waals surface area (Å²) in [7, 11) is 0. The van der Waals surface area contributed by atoms with Crippen molar-refractivity contribution in [2.45, 2.75) is 19.4 Å². The zero-order valence-corrected chi connectivity index (χ0v) is 10.1. The summed E-state index contributed by atoms with van der Waals surface area (Å²) in [6.07, 6.45) is 3.04. The van der Waals surface area contributed by atoms with Gasteiger partial charge in [0.2, 0.25) is 0 Å². The maximum atomic E-state index is 13.8. The highest BCUT2D eigenvalue weighted by Gasteiger charge is 2.31. The predicted octanol–water partition coefficient (Wildman–Crippen LogP) is 2.92. The van der Waals surface area contributed by atoms with Crippen molar-refractivity contribution >= 4 is 0 Å². The van der Waals surface area contributed by atoms with Gasteiger partial charge >= 0.3 is 0 Å². The smallest absolute Gasteiger partial charge is 0.165 e. The van der Waals surface area contributed by atoms with Crippen molar-refractivity contribution in [3.63, 3.8) is 0 Å². The molecule has 1 heterocycles. The van der Waals surface area contributed by atoms with E-state index in [0.29, 0.717) is 5.56 Å². The summed E-state index contributed by atoms with van der Waals surface area (Å²) in [5.41, 5.74) is -0.503. The number of nitrogens with zero attached hydrogens (tertiary/aromatic N) is 1. The molecule has 18 heavy (non-hydrogen) atoms. The van der Waals surface area contributed by atoms with Gasteiger partial charge in [0.05, 0.1) is 0 Å². The second-order valence-corrected chi connectivity index (χ2v) is 4.36. The molecule has 0 bridgehead atoms. The molecule has 0 aliphatic carbocycles. The highest BCUT2D eigenvalue weighted by Crippen LogP contribution is 2.32. The standard InChI is InChI=1S/C14H13F2NO/c1-9-6-7-17-8-11(9)14(2,18)10-4-3-5-12(15)13(10)16/h3-8,18H,1-2H3. The van der Waals surface area contributed by atoms with Gasteiger partial charge in [0.1, 0.15) is 5.60 Å². The second-order valence-electron chi connectivity index (χ2n) is 4.36. The Kier molecular flexibility index (Phi) is 3.13. The molecule has 0 saturated carbocycles. The minimum absolute atomic E-state index is 0.0985. The molecule has 4 heteroatoms. The van der Waals surface area contributed by atoms with Crippen LogP contribution in [-0.4, -0.2) is 10.1 Å². The van der Waals surface area contributed by atoms with Crippen LogP contribution in [0.15, 0.2) is 36.7 Å². The van der Waals surface area contributed by atoms with Crippen LogP contribution in [0.25, 0.3) is 0 Å². The topological polar surface area (TPSA) is 33.1 Å². The first-order valence-electron chi connectivity index (χ1n) is 5.52. The summed E-state index contributed by atoms with van der Waals surface area (Å²) in [4.78, 5) is 3.91. The number of halogens is 2. The Morgan fingerprint density at radius 3 is 2.56 bits per heavy atom. The Morgan fingerprint density at radius 2 is 1.89 bits per heavy atom. The average molecular weight is 249 g/mol. The first kappa shape index (κ1) is 12.6. The number of aryl methyl sites for hydroxylation is 1. The van der Waals surface area contributed by atoms with Crippen molar-refractivity contribution in [1.82, 2.24) is 4.98 Å². The minimum atomic E-state index is -1.62. The van der Waals surface area contributed by atoms with E-state index in [0.717, 1.165) is 11.6 Å². The monoisotopic (exact) mass is 249 g/mol. The van der Waals surface area contributed by atoms with Gasteiger partial charge < -0.3 is 5.11 Å². The number of hydrogen-bond acceptors (Lipinski definition) is 2. The molecule has 0 spiro atoms. The lowest BCUT2D eigenvalue weighted by atomic mass is 9.86. The normalized spacial score (nSPS) is 14.3. The molecule has 0 amide bonds. The molecule has 2 aromatic rings. The molecule has 2 nitrogen and oxygen atoms in total. The van der Waals surface area contributed by atoms with Gasteiger partial charge in [-0.3, -0.25) is 4.98 Å². The Hall–Kier alpha value is -1.81. The highest BCUT2D eigenvalue weighted by atomic mass is 19.2. The van der Waals surface area contributed by atoms with Crippen molar-refractivity contribution in [2.75, 3.05) is 0 Å². The lowest BCUT2D eigenvalue weighted by molar-refractivity contribution is 0.0959. The molecule has 0 fully saturated rings. The average Bonchev–Trinajstić information content (AvgIpc) is 2.32. The molecule has 1 aromatic carbocycles. The summed E-state index contributed by atoms with van der Waals surface area (Å²) in [5, 5.41) is 10.5. The molecule has 2 rings (SSSR count). The molecular formula is C14H13F2NO. The van der Waals surface area contributed by atoms with Crippen molar-refractivity contribution < 1.29 is 13.9 Å². The Morgan fingerprint density at radius 1 is 1.17 bits per heavy atom. The maximum Gasteiger partial charge on any atom is 0.165 e. The number of pyridine rings is 1. The van der Waals surface area contributed by atoms with Crippen LogP contribution in [0.4, 0.5) is 8.78 Å². The van der Waals surface area contributed by atoms with Crippen LogP contribution in [0.2, 0.25) is 0 Å². The number of rotatable bonds is 2. The first-order chi connectivity index (χ1) is 8.44. The van der Waals surface area contributed by atoms with Crippen LogP contribution in [0.5, 0.6) is 0 Å². The molecule has 1 unspecified atom stereocenters. The lowest BCUT2D eigenvalue weighted by Crippen LogP contribution is -2.26. The number of aliphatic hydroxyl groups is 1. The van der Waals surface area contributed by atoms with Crippen molar-refractivity contribution in [3.8, 4) is 0 Å². The third-order valence-corrected chi connectivity index (χ3v) is 3.04. The van der Waals surface area contributed by atoms with E-state index < -0.39 is 17.2 Å². The molecule has 1 aromatic heterocycles. The van der Waals surface area contributed by atoms with Crippen LogP contribution >= 0.6 is 0 Å². The third kappa shape index (κ3) is 1.99. The summed E-state index contributed by atoms with van der Waals surface area (Å²) < 4.78 is 27.0. The molecule has 0 saturated heterocycles. The van der Waals surface area contributed by atoms with Gasteiger partial charge in [-0.1, -0.05) is 12.1 Å². The summed E-state index contributed by atoms with van der Waals surface area (Å²) >= 11 is 0. The van der Waals surface area contributed by atoms with Gasteiger partial charge in [0, 0.05) is 23.5 Å². The van der Waals surface area contributed by atoms with Crippen LogP contribution in [-0.2, 0) is 5.60 Å². The van der Waals surface area contributed by atoms with Crippen LogP contribution in [0.1, 0.15) is 23.6 Å². The van der Waals surface area contributed by atoms with Gasteiger partial charge in [-0.15, -0.1) is 0 Å². The molecule has 0 aliphatic heterocycles. The fourth-order valence-electron chi connectivity index (χ4n) is 2.00. The molecular weight excluding hydrogens is 236 g/mol. The minimum Gasteiger partial charge on any atom is -0.381 e. The van der Waals surface area contributed by atoms with E-state index in [1.54, 1.807) is 19.2 Å². The first-order valence-corrected chi connectivity index (χ1v) is 5.52. The zero-order valence-electron chi connectivity index (χ0n) is 10.1. The number of hydrogen-bond donors (Lipinski definition) is 1. The maximum absolute atomic E-state index is 13.8. The van der Waals surface area contributed by atoms with Gasteiger partial charge in [-0.05, 0) is 31.5 Å². The number of aromatic nitrogens is 1. The molecule has 0 aliphatic rings. The number of benzene rings is 1. The fraction of sp³-hybridized carbons (Fsp3) is 0.214. The zero-order chi connectivity index (χ0) is 13.3. The van der Waals surface area contributed by atoms with Crippen molar-refractivity contribution in [3.05, 3.63) is 65.0 Å². The van der Waals surface area contributed by atoms with E-state index >= 15 is 0 Å². The summed E-state index contributed by atoms with van der Waals surface area (Å²) in [6, 6.07) is 5.46. The van der Waals surface area contributed by atoms with Crippen molar-refractivity contribution in [2.24, 2.45) is 0 Å². The van der Waals surface area contributed by atoms with E-state index in [2.05, 4.69) is 4.98 Å². The van der Waals surface area contributed by atoms with E-state index in [9.17, 15) is 13.9 Å². The molecule has 94 valence electrons. The van der Waals surface area contributed by atoms with Crippen LogP contribution in [0.3, 0.4) is 0 Å². The van der Waals surface area contributed by atoms with E-state index in [1.807, 2.05) is 0 Å². The third-order valence-electron chi connectivity index (χ3n) is 3.04. The predicted molar refractivity (Wildman–Crippen MR) is 64.0 cm³/mol. The summed E-state index contributed by atoms with van der Waals surface area (Å²) in [6.45, 7) is 3.21. The second kappa shape index (κ2) is 4.46. The quantitative estimate of drug-likeness (QED) is 0.887. The largest absolute Gasteiger partial charge is 0.381 e. The van der Waals surface area contributed by atoms with Gasteiger partial charge in [0.15, 0.2) is 11.6 Å². The van der Waals surface area contributed by atoms with E-state index in [4.69, 9.17) is 0 Å². The molecule has 1 N–H and O–H groups in total. The van der Waals surface area contributed by atoms with E-state index in [-0.39, 0.29) is 5.56 Å². The lowest BCUT2D eigenvalue weighted by Gasteiger charge is -2.26. The van der Waals surface area contributed by atoms with Crippen LogP contribution < -0.4 is 0 Å². The molecule has 0 radical (unpaired) electrons. The summed E-state index contributed by atoms with van der Waals surface area (Å²) in [5.74, 6) is -2.01. The fourth-order valence-corrected chi connectivity index (χ4v) is 2.00. The molecule has 1 atom stereocenters. The van der Waals surface area contributed by atoms with Gasteiger partial charge in [0.25, 0.3) is 0 Å². The SMILES string of the molecule is Cc1ccncc1C(C)(O)c1cccc(F)c1F. The van der Waals surface area contributed by atoms with E-state index in [1.165, 1.54) is 25.3 Å². The van der Waals surface area contributed by atoms with Crippen LogP contribution in [0, 0.1) is 18.6 Å². The highest BCUT2D eigenvalue weighted by molar-refractivity contribution is 5.38. The van der Waals surface area contributed by atoms with Crippen molar-refractivity contribution in [1.29, 1.82) is 0 Å². The van der Waals surface area contributed by atoms with Gasteiger partial charge in [-0.25, -0.2) is 8.78 Å². The Labute approximate surface area is 104 Å².